The van der Waals surface area contributed by atoms with Crippen molar-refractivity contribution in [2.24, 2.45) is 0 Å². The third-order valence-electron chi connectivity index (χ3n) is 3.24. The van der Waals surface area contributed by atoms with Crippen LogP contribution in [0.4, 0.5) is 0 Å². The van der Waals surface area contributed by atoms with Crippen molar-refractivity contribution in [3.8, 4) is 17.2 Å². The summed E-state index contributed by atoms with van der Waals surface area (Å²) in [5.74, 6) is 0.447. The summed E-state index contributed by atoms with van der Waals surface area (Å²) in [6.45, 7) is 1.90. The van der Waals surface area contributed by atoms with Crippen molar-refractivity contribution >= 4 is 5.97 Å². The van der Waals surface area contributed by atoms with Crippen molar-refractivity contribution in [2.45, 2.75) is 19.3 Å². The summed E-state index contributed by atoms with van der Waals surface area (Å²) in [5.41, 5.74) is 0.700. The standard InChI is InChI=1S/C17H18O4/c1-3-14(17(19)20-2)15-10-9-12(18)11-16(15)21-13-7-5-4-6-8-13/h4-11,14,18H,3H2,1-2H3. The summed E-state index contributed by atoms with van der Waals surface area (Å²) >= 11 is 0. The fraction of sp³-hybridized carbons (Fsp3) is 0.235. The average molecular weight is 286 g/mol. The Morgan fingerprint density at radius 1 is 1.19 bits per heavy atom. The van der Waals surface area contributed by atoms with Crippen molar-refractivity contribution in [2.75, 3.05) is 7.11 Å². The maximum Gasteiger partial charge on any atom is 0.313 e. The van der Waals surface area contributed by atoms with Crippen LogP contribution in [0.2, 0.25) is 0 Å². The Kier molecular flexibility index (Phi) is 4.82. The van der Waals surface area contributed by atoms with Gasteiger partial charge in [0.15, 0.2) is 0 Å². The fourth-order valence-electron chi connectivity index (χ4n) is 2.17. The zero-order valence-electron chi connectivity index (χ0n) is 12.1. The van der Waals surface area contributed by atoms with Crippen LogP contribution in [0.25, 0.3) is 0 Å². The summed E-state index contributed by atoms with van der Waals surface area (Å²) in [6.07, 6.45) is 0.586. The minimum atomic E-state index is -0.422. The van der Waals surface area contributed by atoms with Gasteiger partial charge < -0.3 is 14.6 Å². The molecule has 0 radical (unpaired) electrons. The molecule has 2 rings (SSSR count). The van der Waals surface area contributed by atoms with Crippen molar-refractivity contribution in [3.63, 3.8) is 0 Å². The number of phenols is 1. The maximum atomic E-state index is 11.9. The lowest BCUT2D eigenvalue weighted by atomic mass is 9.95. The number of para-hydroxylation sites is 1. The highest BCUT2D eigenvalue weighted by Crippen LogP contribution is 2.35. The van der Waals surface area contributed by atoms with Crippen molar-refractivity contribution in [1.29, 1.82) is 0 Å². The Bertz CT molecular complexity index is 607. The second-order valence-electron chi connectivity index (χ2n) is 4.62. The van der Waals surface area contributed by atoms with E-state index in [1.165, 1.54) is 13.2 Å². The SMILES string of the molecule is CCC(C(=O)OC)c1ccc(O)cc1Oc1ccccc1. The van der Waals surface area contributed by atoms with E-state index in [0.717, 1.165) is 0 Å². The van der Waals surface area contributed by atoms with E-state index in [0.29, 0.717) is 23.5 Å². The lowest BCUT2D eigenvalue weighted by molar-refractivity contribution is -0.142. The minimum absolute atomic E-state index is 0.0874. The van der Waals surface area contributed by atoms with E-state index in [-0.39, 0.29) is 11.7 Å². The van der Waals surface area contributed by atoms with Gasteiger partial charge in [-0.05, 0) is 24.6 Å². The maximum absolute atomic E-state index is 11.9. The van der Waals surface area contributed by atoms with Gasteiger partial charge in [0, 0.05) is 11.6 Å². The number of ether oxygens (including phenoxy) is 2. The number of esters is 1. The molecule has 0 heterocycles. The van der Waals surface area contributed by atoms with E-state index in [9.17, 15) is 9.90 Å². The van der Waals surface area contributed by atoms with Crippen LogP contribution in [-0.4, -0.2) is 18.2 Å². The summed E-state index contributed by atoms with van der Waals surface area (Å²) in [5, 5.41) is 9.67. The largest absolute Gasteiger partial charge is 0.508 e. The van der Waals surface area contributed by atoms with Crippen LogP contribution in [0.15, 0.2) is 48.5 Å². The second-order valence-corrected chi connectivity index (χ2v) is 4.62. The number of methoxy groups -OCH3 is 1. The smallest absolute Gasteiger partial charge is 0.313 e. The van der Waals surface area contributed by atoms with Gasteiger partial charge in [0.1, 0.15) is 17.2 Å². The highest BCUT2D eigenvalue weighted by molar-refractivity contribution is 5.79. The monoisotopic (exact) mass is 286 g/mol. The molecule has 1 N–H and O–H groups in total. The number of carbonyl (C=O) groups excluding carboxylic acids is 1. The molecule has 4 nitrogen and oxygen atoms in total. The molecule has 0 aliphatic heterocycles. The normalized spacial score (nSPS) is 11.7. The first-order valence-corrected chi connectivity index (χ1v) is 6.79. The quantitative estimate of drug-likeness (QED) is 0.848. The van der Waals surface area contributed by atoms with E-state index < -0.39 is 5.92 Å². The highest BCUT2D eigenvalue weighted by Gasteiger charge is 2.23. The number of benzene rings is 2. The molecular formula is C17H18O4. The van der Waals surface area contributed by atoms with Crippen LogP contribution < -0.4 is 4.74 Å². The van der Waals surface area contributed by atoms with Crippen LogP contribution in [0.3, 0.4) is 0 Å². The molecule has 0 aromatic heterocycles. The number of aromatic hydroxyl groups is 1. The van der Waals surface area contributed by atoms with Crippen LogP contribution in [0.5, 0.6) is 17.2 Å². The third kappa shape index (κ3) is 3.54. The van der Waals surface area contributed by atoms with Crippen molar-refractivity contribution in [3.05, 3.63) is 54.1 Å². The molecule has 1 atom stereocenters. The zero-order chi connectivity index (χ0) is 15.2. The number of carbonyl (C=O) groups is 1. The van der Waals surface area contributed by atoms with Gasteiger partial charge in [-0.15, -0.1) is 0 Å². The summed E-state index contributed by atoms with van der Waals surface area (Å²) in [7, 11) is 1.36. The van der Waals surface area contributed by atoms with E-state index in [1.54, 1.807) is 12.1 Å². The molecule has 0 aliphatic carbocycles. The Hall–Kier alpha value is -2.49. The molecule has 0 aliphatic rings. The van der Waals surface area contributed by atoms with Gasteiger partial charge in [-0.25, -0.2) is 0 Å². The average Bonchev–Trinajstić information content (AvgIpc) is 2.50. The summed E-state index contributed by atoms with van der Waals surface area (Å²) in [6, 6.07) is 14.0. The van der Waals surface area contributed by atoms with Crippen molar-refractivity contribution < 1.29 is 19.4 Å². The molecule has 0 bridgehead atoms. The minimum Gasteiger partial charge on any atom is -0.508 e. The van der Waals surface area contributed by atoms with E-state index in [4.69, 9.17) is 9.47 Å². The number of rotatable bonds is 5. The first-order chi connectivity index (χ1) is 10.2. The molecule has 0 spiro atoms. The molecule has 2 aromatic carbocycles. The third-order valence-corrected chi connectivity index (χ3v) is 3.24. The first kappa shape index (κ1) is 14.9. The molecule has 1 unspecified atom stereocenters. The zero-order valence-corrected chi connectivity index (χ0v) is 12.1. The summed E-state index contributed by atoms with van der Waals surface area (Å²) < 4.78 is 10.6. The van der Waals surface area contributed by atoms with Crippen LogP contribution in [0.1, 0.15) is 24.8 Å². The van der Waals surface area contributed by atoms with Crippen LogP contribution in [0, 0.1) is 0 Å². The van der Waals surface area contributed by atoms with Gasteiger partial charge in [0.2, 0.25) is 0 Å². The van der Waals surface area contributed by atoms with E-state index in [1.807, 2.05) is 37.3 Å². The Labute approximate surface area is 123 Å². The molecule has 0 saturated carbocycles. The number of hydrogen-bond acceptors (Lipinski definition) is 4. The van der Waals surface area contributed by atoms with E-state index >= 15 is 0 Å². The van der Waals surface area contributed by atoms with Gasteiger partial charge in [-0.2, -0.15) is 0 Å². The van der Waals surface area contributed by atoms with Gasteiger partial charge in [-0.1, -0.05) is 31.2 Å². The summed E-state index contributed by atoms with van der Waals surface area (Å²) in [4.78, 5) is 11.9. The molecule has 110 valence electrons. The van der Waals surface area contributed by atoms with E-state index in [2.05, 4.69) is 0 Å². The molecule has 0 saturated heterocycles. The fourth-order valence-corrected chi connectivity index (χ4v) is 2.17. The Balaban J connectivity index is 2.39. The highest BCUT2D eigenvalue weighted by atomic mass is 16.5. The van der Waals surface area contributed by atoms with Crippen molar-refractivity contribution in [1.82, 2.24) is 0 Å². The number of phenolic OH excluding ortho intramolecular Hbond substituents is 1. The predicted molar refractivity (Wildman–Crippen MR) is 79.7 cm³/mol. The van der Waals surface area contributed by atoms with Gasteiger partial charge in [0.05, 0.1) is 13.0 Å². The molecule has 21 heavy (non-hydrogen) atoms. The second kappa shape index (κ2) is 6.79. The van der Waals surface area contributed by atoms with Gasteiger partial charge in [-0.3, -0.25) is 4.79 Å². The Morgan fingerprint density at radius 3 is 2.52 bits per heavy atom. The molecule has 4 heteroatoms. The predicted octanol–water partition coefficient (Wildman–Crippen LogP) is 3.85. The van der Waals surface area contributed by atoms with Gasteiger partial charge in [0.25, 0.3) is 0 Å². The number of hydrogen-bond donors (Lipinski definition) is 1. The molecule has 2 aromatic rings. The van der Waals surface area contributed by atoms with Crippen LogP contribution >= 0.6 is 0 Å². The molecule has 0 amide bonds. The lowest BCUT2D eigenvalue weighted by Gasteiger charge is -2.17. The topological polar surface area (TPSA) is 55.8 Å². The van der Waals surface area contributed by atoms with Crippen LogP contribution in [-0.2, 0) is 9.53 Å². The lowest BCUT2D eigenvalue weighted by Crippen LogP contribution is -2.14. The molecule has 0 fully saturated rings. The first-order valence-electron chi connectivity index (χ1n) is 6.79. The Morgan fingerprint density at radius 2 is 1.90 bits per heavy atom. The molecular weight excluding hydrogens is 268 g/mol. The van der Waals surface area contributed by atoms with Gasteiger partial charge >= 0.3 is 5.97 Å².